The van der Waals surface area contributed by atoms with Crippen LogP contribution in [0.3, 0.4) is 0 Å². The molecule has 2 aromatic rings. The van der Waals surface area contributed by atoms with Crippen molar-refractivity contribution >= 4 is 0 Å². The van der Waals surface area contributed by atoms with Crippen molar-refractivity contribution in [1.29, 1.82) is 5.26 Å². The van der Waals surface area contributed by atoms with E-state index in [-0.39, 0.29) is 0 Å². The van der Waals surface area contributed by atoms with Crippen molar-refractivity contribution in [2.24, 2.45) is 0 Å². The number of nitrogens with zero attached hydrogens (tertiary/aromatic N) is 1. The molecule has 0 aliphatic carbocycles. The zero-order chi connectivity index (χ0) is 14.9. The van der Waals surface area contributed by atoms with Crippen LogP contribution in [0.1, 0.15) is 30.4 Å². The van der Waals surface area contributed by atoms with Crippen LogP contribution in [0.2, 0.25) is 0 Å². The van der Waals surface area contributed by atoms with Crippen molar-refractivity contribution in [2.45, 2.75) is 25.9 Å². The summed E-state index contributed by atoms with van der Waals surface area (Å²) in [5.41, 5.74) is 2.39. The number of hydrogen-bond acceptors (Lipinski definition) is 2. The van der Waals surface area contributed by atoms with Crippen LogP contribution in [0, 0.1) is 11.3 Å². The molecule has 2 heteroatoms. The molecule has 1 atom stereocenters. The Morgan fingerprint density at radius 3 is 2.71 bits per heavy atom. The van der Waals surface area contributed by atoms with E-state index in [0.29, 0.717) is 12.5 Å². The lowest BCUT2D eigenvalue weighted by atomic mass is 9.97. The molecule has 0 amide bonds. The van der Waals surface area contributed by atoms with Gasteiger partial charge in [-0.1, -0.05) is 55.5 Å². The number of nitriles is 1. The quantitative estimate of drug-likeness (QED) is 0.708. The van der Waals surface area contributed by atoms with Gasteiger partial charge in [-0.3, -0.25) is 0 Å². The Bertz CT molecular complexity index is 626. The monoisotopic (exact) mass is 277 g/mol. The maximum absolute atomic E-state index is 8.52. The van der Waals surface area contributed by atoms with Gasteiger partial charge in [-0.05, 0) is 35.6 Å². The average molecular weight is 277 g/mol. The zero-order valence-electron chi connectivity index (χ0n) is 12.2. The van der Waals surface area contributed by atoms with Gasteiger partial charge in [-0.25, -0.2) is 0 Å². The lowest BCUT2D eigenvalue weighted by molar-refractivity contribution is 0.306. The molecule has 0 aliphatic heterocycles. The Kier molecular flexibility index (Phi) is 5.60. The first-order valence-corrected chi connectivity index (χ1v) is 7.11. The maximum Gasteiger partial charge on any atom is 0.120 e. The predicted molar refractivity (Wildman–Crippen MR) is 85.0 cm³/mol. The average Bonchev–Trinajstić information content (AvgIpc) is 2.54. The third kappa shape index (κ3) is 4.81. The van der Waals surface area contributed by atoms with Gasteiger partial charge < -0.3 is 4.74 Å². The van der Waals surface area contributed by atoms with Crippen LogP contribution >= 0.6 is 0 Å². The Morgan fingerprint density at radius 2 is 1.95 bits per heavy atom. The molecular formula is C19H19NO. The van der Waals surface area contributed by atoms with E-state index >= 15 is 0 Å². The molecule has 2 aromatic carbocycles. The molecule has 0 bridgehead atoms. The Hall–Kier alpha value is -2.53. The minimum Gasteiger partial charge on any atom is -0.489 e. The van der Waals surface area contributed by atoms with Gasteiger partial charge in [0.1, 0.15) is 12.4 Å². The van der Waals surface area contributed by atoms with Gasteiger partial charge >= 0.3 is 0 Å². The highest BCUT2D eigenvalue weighted by Crippen LogP contribution is 2.24. The molecular weight excluding hydrogens is 258 g/mol. The minimum atomic E-state index is 0.370. The highest BCUT2D eigenvalue weighted by atomic mass is 16.5. The molecule has 0 heterocycles. The Morgan fingerprint density at radius 1 is 1.14 bits per heavy atom. The molecule has 0 saturated heterocycles. The number of ether oxygens (including phenoxy) is 1. The van der Waals surface area contributed by atoms with Crippen LogP contribution in [-0.2, 0) is 6.61 Å². The van der Waals surface area contributed by atoms with E-state index in [2.05, 4.69) is 31.2 Å². The summed E-state index contributed by atoms with van der Waals surface area (Å²) in [4.78, 5) is 0. The smallest absolute Gasteiger partial charge is 0.120 e. The van der Waals surface area contributed by atoms with Gasteiger partial charge in [0.2, 0.25) is 0 Å². The Balaban J connectivity index is 1.97. The molecule has 0 unspecified atom stereocenters. The SMILES string of the molecule is C[C@@H](C/C=C/C#N)c1cccc(OCc2ccccc2)c1. The first kappa shape index (κ1) is 14.9. The van der Waals surface area contributed by atoms with Crippen molar-refractivity contribution in [1.82, 2.24) is 0 Å². The first-order chi connectivity index (χ1) is 10.3. The summed E-state index contributed by atoms with van der Waals surface area (Å²) >= 11 is 0. The zero-order valence-corrected chi connectivity index (χ0v) is 12.2. The molecule has 0 radical (unpaired) electrons. The van der Waals surface area contributed by atoms with Crippen molar-refractivity contribution in [3.63, 3.8) is 0 Å². The second-order valence-corrected chi connectivity index (χ2v) is 5.01. The van der Waals surface area contributed by atoms with Gasteiger partial charge in [0, 0.05) is 6.08 Å². The predicted octanol–water partition coefficient (Wildman–Crippen LogP) is 4.84. The van der Waals surface area contributed by atoms with Crippen LogP contribution in [0.25, 0.3) is 0 Å². The lowest BCUT2D eigenvalue weighted by Gasteiger charge is -2.12. The van der Waals surface area contributed by atoms with Crippen LogP contribution in [0.15, 0.2) is 66.7 Å². The van der Waals surface area contributed by atoms with E-state index in [1.807, 2.05) is 42.5 Å². The molecule has 106 valence electrons. The standard InChI is InChI=1S/C19H19NO/c1-16(8-5-6-13-20)18-11-7-12-19(14-18)21-15-17-9-3-2-4-10-17/h2-7,9-12,14,16H,8,15H2,1H3/b6-5+/t16-/m0/s1. The van der Waals surface area contributed by atoms with E-state index in [1.165, 1.54) is 11.6 Å². The summed E-state index contributed by atoms with van der Waals surface area (Å²) < 4.78 is 5.84. The number of rotatable bonds is 6. The molecule has 0 saturated carbocycles. The summed E-state index contributed by atoms with van der Waals surface area (Å²) in [5, 5.41) is 8.52. The van der Waals surface area contributed by atoms with Crippen molar-refractivity contribution in [3.05, 3.63) is 77.9 Å². The van der Waals surface area contributed by atoms with E-state index in [0.717, 1.165) is 17.7 Å². The number of hydrogen-bond donors (Lipinski definition) is 0. The molecule has 2 nitrogen and oxygen atoms in total. The maximum atomic E-state index is 8.52. The second-order valence-electron chi connectivity index (χ2n) is 5.01. The normalized spacial score (nSPS) is 12.0. The van der Waals surface area contributed by atoms with Crippen LogP contribution < -0.4 is 4.74 Å². The van der Waals surface area contributed by atoms with Crippen molar-refractivity contribution in [3.8, 4) is 11.8 Å². The summed E-state index contributed by atoms with van der Waals surface area (Å²) in [6, 6.07) is 20.3. The molecule has 2 rings (SSSR count). The lowest BCUT2D eigenvalue weighted by Crippen LogP contribution is -1.97. The highest BCUT2D eigenvalue weighted by Gasteiger charge is 2.05. The van der Waals surface area contributed by atoms with Crippen LogP contribution in [-0.4, -0.2) is 0 Å². The van der Waals surface area contributed by atoms with Crippen molar-refractivity contribution in [2.75, 3.05) is 0 Å². The van der Waals surface area contributed by atoms with E-state index in [4.69, 9.17) is 10.00 Å². The molecule has 21 heavy (non-hydrogen) atoms. The molecule has 0 aliphatic rings. The molecule has 0 N–H and O–H groups in total. The highest BCUT2D eigenvalue weighted by molar-refractivity contribution is 5.31. The largest absolute Gasteiger partial charge is 0.489 e. The number of benzene rings is 2. The summed E-state index contributed by atoms with van der Waals surface area (Å²) in [7, 11) is 0. The fraction of sp³-hybridized carbons (Fsp3) is 0.211. The van der Waals surface area contributed by atoms with Crippen molar-refractivity contribution < 1.29 is 4.74 Å². The minimum absolute atomic E-state index is 0.370. The molecule has 0 spiro atoms. The van der Waals surface area contributed by atoms with Gasteiger partial charge in [-0.2, -0.15) is 5.26 Å². The number of allylic oxidation sites excluding steroid dienone is 2. The van der Waals surface area contributed by atoms with Gasteiger partial charge in [0.05, 0.1) is 6.07 Å². The van der Waals surface area contributed by atoms with E-state index in [9.17, 15) is 0 Å². The van der Waals surface area contributed by atoms with Crippen LogP contribution in [0.4, 0.5) is 0 Å². The molecule has 0 fully saturated rings. The van der Waals surface area contributed by atoms with Gasteiger partial charge in [0.25, 0.3) is 0 Å². The van der Waals surface area contributed by atoms with E-state index < -0.39 is 0 Å². The summed E-state index contributed by atoms with van der Waals surface area (Å²) in [5.74, 6) is 1.25. The second kappa shape index (κ2) is 7.91. The topological polar surface area (TPSA) is 33.0 Å². The van der Waals surface area contributed by atoms with Crippen LogP contribution in [0.5, 0.6) is 5.75 Å². The van der Waals surface area contributed by atoms with Gasteiger partial charge in [-0.15, -0.1) is 0 Å². The van der Waals surface area contributed by atoms with E-state index in [1.54, 1.807) is 0 Å². The Labute approximate surface area is 126 Å². The summed E-state index contributed by atoms with van der Waals surface area (Å²) in [6.07, 6.45) is 4.30. The van der Waals surface area contributed by atoms with Gasteiger partial charge in [0.15, 0.2) is 0 Å². The fourth-order valence-corrected chi connectivity index (χ4v) is 2.11. The summed E-state index contributed by atoms with van der Waals surface area (Å²) in [6.45, 7) is 2.73. The third-order valence-electron chi connectivity index (χ3n) is 3.36. The first-order valence-electron chi connectivity index (χ1n) is 7.11. The molecule has 0 aromatic heterocycles. The fourth-order valence-electron chi connectivity index (χ4n) is 2.11. The third-order valence-corrected chi connectivity index (χ3v) is 3.36.